The standard InChI is InChI=1S/C17H15ClFNO4/c18-13-9-16(12(8-14(13)19)4-6-20-23-10-21)24-15-3-1-2-11-5-7-22-17(11)15/h1-3,8-10,20H,4-7H2. The van der Waals surface area contributed by atoms with Gasteiger partial charge in [-0.25, -0.2) is 4.39 Å². The third-order valence-corrected chi connectivity index (χ3v) is 3.92. The summed E-state index contributed by atoms with van der Waals surface area (Å²) in [4.78, 5) is 14.5. The fourth-order valence-electron chi connectivity index (χ4n) is 2.52. The highest BCUT2D eigenvalue weighted by Gasteiger charge is 2.19. The Balaban J connectivity index is 1.85. The van der Waals surface area contributed by atoms with Crippen molar-refractivity contribution in [3.8, 4) is 17.2 Å². The van der Waals surface area contributed by atoms with E-state index < -0.39 is 5.82 Å². The highest BCUT2D eigenvalue weighted by atomic mass is 35.5. The molecule has 1 aliphatic rings. The summed E-state index contributed by atoms with van der Waals surface area (Å²) in [5, 5.41) is -0.0284. The molecule has 0 bridgehead atoms. The second-order valence-corrected chi connectivity index (χ2v) is 5.58. The van der Waals surface area contributed by atoms with E-state index in [0.29, 0.717) is 42.4 Å². The van der Waals surface area contributed by atoms with E-state index in [-0.39, 0.29) is 11.5 Å². The van der Waals surface area contributed by atoms with Crippen LogP contribution in [-0.4, -0.2) is 19.6 Å². The predicted octanol–water partition coefficient (Wildman–Crippen LogP) is 3.43. The first-order chi connectivity index (χ1) is 11.7. The number of hydroxylamine groups is 1. The van der Waals surface area contributed by atoms with Gasteiger partial charge in [-0.05, 0) is 24.1 Å². The lowest BCUT2D eigenvalue weighted by Gasteiger charge is -2.14. The van der Waals surface area contributed by atoms with E-state index >= 15 is 0 Å². The van der Waals surface area contributed by atoms with Gasteiger partial charge in [0, 0.05) is 24.6 Å². The van der Waals surface area contributed by atoms with Gasteiger partial charge in [-0.1, -0.05) is 23.7 Å². The van der Waals surface area contributed by atoms with Crippen molar-refractivity contribution >= 4 is 18.1 Å². The number of benzene rings is 2. The van der Waals surface area contributed by atoms with E-state index in [4.69, 9.17) is 21.1 Å². The molecule has 2 aromatic carbocycles. The van der Waals surface area contributed by atoms with Gasteiger partial charge in [0.25, 0.3) is 0 Å². The molecule has 1 N–H and O–H groups in total. The van der Waals surface area contributed by atoms with Gasteiger partial charge in [-0.2, -0.15) is 5.48 Å². The lowest BCUT2D eigenvalue weighted by molar-refractivity contribution is -0.135. The number of para-hydroxylation sites is 1. The monoisotopic (exact) mass is 351 g/mol. The number of hydrogen-bond donors (Lipinski definition) is 1. The molecule has 7 heteroatoms. The van der Waals surface area contributed by atoms with Crippen LogP contribution in [0.1, 0.15) is 11.1 Å². The molecule has 0 saturated heterocycles. The summed E-state index contributed by atoms with van der Waals surface area (Å²) < 4.78 is 25.3. The Morgan fingerprint density at radius 2 is 2.21 bits per heavy atom. The maximum Gasteiger partial charge on any atom is 0.312 e. The van der Waals surface area contributed by atoms with Crippen molar-refractivity contribution in [3.05, 3.63) is 52.3 Å². The van der Waals surface area contributed by atoms with Gasteiger partial charge in [0.05, 0.1) is 11.6 Å². The smallest absolute Gasteiger partial charge is 0.312 e. The van der Waals surface area contributed by atoms with Crippen LogP contribution in [0.5, 0.6) is 17.2 Å². The molecular formula is C17H15ClFNO4. The molecule has 0 aromatic heterocycles. The number of rotatable bonds is 7. The molecule has 0 saturated carbocycles. The molecule has 0 spiro atoms. The molecule has 1 heterocycles. The van der Waals surface area contributed by atoms with E-state index in [0.717, 1.165) is 12.0 Å². The molecular weight excluding hydrogens is 337 g/mol. The van der Waals surface area contributed by atoms with Gasteiger partial charge in [0.2, 0.25) is 0 Å². The number of hydrogen-bond acceptors (Lipinski definition) is 5. The van der Waals surface area contributed by atoms with E-state index in [9.17, 15) is 9.18 Å². The van der Waals surface area contributed by atoms with Gasteiger partial charge in [0.1, 0.15) is 11.6 Å². The number of carbonyl (C=O) groups is 1. The largest absolute Gasteiger partial charge is 0.489 e. The number of halogens is 2. The summed E-state index contributed by atoms with van der Waals surface area (Å²) in [6.07, 6.45) is 1.21. The van der Waals surface area contributed by atoms with Crippen LogP contribution in [0.15, 0.2) is 30.3 Å². The minimum absolute atomic E-state index is 0.0284. The average Bonchev–Trinajstić information content (AvgIpc) is 3.05. The molecule has 0 aliphatic carbocycles. The zero-order chi connectivity index (χ0) is 16.9. The van der Waals surface area contributed by atoms with Crippen molar-refractivity contribution in [2.45, 2.75) is 12.8 Å². The van der Waals surface area contributed by atoms with E-state index in [1.807, 2.05) is 12.1 Å². The number of nitrogens with one attached hydrogen (secondary N) is 1. The van der Waals surface area contributed by atoms with Crippen LogP contribution in [0, 0.1) is 5.82 Å². The van der Waals surface area contributed by atoms with Crippen LogP contribution in [0.2, 0.25) is 5.02 Å². The van der Waals surface area contributed by atoms with Crippen molar-refractivity contribution in [1.29, 1.82) is 0 Å². The van der Waals surface area contributed by atoms with Crippen molar-refractivity contribution in [1.82, 2.24) is 5.48 Å². The summed E-state index contributed by atoms with van der Waals surface area (Å²) in [5.74, 6) is 1.15. The van der Waals surface area contributed by atoms with Crippen LogP contribution in [0.25, 0.3) is 0 Å². The van der Waals surface area contributed by atoms with Gasteiger partial charge < -0.3 is 14.3 Å². The second-order valence-electron chi connectivity index (χ2n) is 5.18. The summed E-state index contributed by atoms with van der Waals surface area (Å²) in [5.41, 5.74) is 4.11. The van der Waals surface area contributed by atoms with Crippen molar-refractivity contribution < 1.29 is 23.5 Å². The zero-order valence-corrected chi connectivity index (χ0v) is 13.4. The molecule has 126 valence electrons. The van der Waals surface area contributed by atoms with Crippen LogP contribution < -0.4 is 15.0 Å². The van der Waals surface area contributed by atoms with Crippen molar-refractivity contribution in [3.63, 3.8) is 0 Å². The highest BCUT2D eigenvalue weighted by Crippen LogP contribution is 2.39. The quantitative estimate of drug-likeness (QED) is 0.470. The Bertz CT molecular complexity index is 754. The molecule has 0 unspecified atom stereocenters. The zero-order valence-electron chi connectivity index (χ0n) is 12.7. The van der Waals surface area contributed by atoms with Crippen LogP contribution >= 0.6 is 11.6 Å². The lowest BCUT2D eigenvalue weighted by atomic mass is 10.1. The second kappa shape index (κ2) is 7.51. The Kier molecular flexibility index (Phi) is 5.17. The van der Waals surface area contributed by atoms with Gasteiger partial charge in [-0.3, -0.25) is 4.79 Å². The minimum atomic E-state index is -0.537. The number of carbonyl (C=O) groups excluding carboxylic acids is 1. The molecule has 0 fully saturated rings. The molecule has 0 atom stereocenters. The lowest BCUT2D eigenvalue weighted by Crippen LogP contribution is -2.17. The SMILES string of the molecule is O=CONCCc1cc(F)c(Cl)cc1Oc1cccc2c1OCC2. The topological polar surface area (TPSA) is 56.8 Å². The summed E-state index contributed by atoms with van der Waals surface area (Å²) in [6, 6.07) is 8.39. The van der Waals surface area contributed by atoms with Crippen molar-refractivity contribution in [2.24, 2.45) is 0 Å². The summed E-state index contributed by atoms with van der Waals surface area (Å²) in [6.45, 7) is 1.20. The Labute approximate surface area is 143 Å². The van der Waals surface area contributed by atoms with Gasteiger partial charge in [-0.15, -0.1) is 0 Å². The Morgan fingerprint density at radius 1 is 1.33 bits per heavy atom. The van der Waals surface area contributed by atoms with E-state index in [1.165, 1.54) is 12.1 Å². The fraction of sp³-hybridized carbons (Fsp3) is 0.235. The first-order valence-corrected chi connectivity index (χ1v) is 7.79. The fourth-order valence-corrected chi connectivity index (χ4v) is 2.68. The summed E-state index contributed by atoms with van der Waals surface area (Å²) >= 11 is 5.88. The number of fused-ring (bicyclic) bond motifs is 1. The highest BCUT2D eigenvalue weighted by molar-refractivity contribution is 6.30. The first kappa shape index (κ1) is 16.5. The van der Waals surface area contributed by atoms with E-state index in [2.05, 4.69) is 10.3 Å². The van der Waals surface area contributed by atoms with Gasteiger partial charge >= 0.3 is 6.47 Å². The molecule has 24 heavy (non-hydrogen) atoms. The minimum Gasteiger partial charge on any atom is -0.489 e. The van der Waals surface area contributed by atoms with Crippen LogP contribution in [0.4, 0.5) is 4.39 Å². The van der Waals surface area contributed by atoms with Gasteiger partial charge in [0.15, 0.2) is 11.5 Å². The molecule has 2 aromatic rings. The van der Waals surface area contributed by atoms with Crippen LogP contribution in [0.3, 0.4) is 0 Å². The Morgan fingerprint density at radius 3 is 3.04 bits per heavy atom. The van der Waals surface area contributed by atoms with Crippen LogP contribution in [-0.2, 0) is 22.5 Å². The normalized spacial score (nSPS) is 12.4. The summed E-state index contributed by atoms with van der Waals surface area (Å²) in [7, 11) is 0. The third-order valence-electron chi connectivity index (χ3n) is 3.63. The van der Waals surface area contributed by atoms with E-state index in [1.54, 1.807) is 6.07 Å². The molecule has 0 amide bonds. The molecule has 1 aliphatic heterocycles. The maximum atomic E-state index is 13.8. The molecule has 5 nitrogen and oxygen atoms in total. The maximum absolute atomic E-state index is 13.8. The molecule has 0 radical (unpaired) electrons. The van der Waals surface area contributed by atoms with Crippen molar-refractivity contribution in [2.75, 3.05) is 13.2 Å². The third kappa shape index (κ3) is 3.60. The first-order valence-electron chi connectivity index (χ1n) is 7.41. The molecule has 3 rings (SSSR count). The average molecular weight is 352 g/mol. The number of ether oxygens (including phenoxy) is 2. The predicted molar refractivity (Wildman–Crippen MR) is 86.0 cm³/mol. The Hall–Kier alpha value is -2.31.